The number of aromatic amines is 1. The minimum absolute atomic E-state index is 0.00323. The summed E-state index contributed by atoms with van der Waals surface area (Å²) in [6.45, 7) is 0.417. The summed E-state index contributed by atoms with van der Waals surface area (Å²) in [7, 11) is 0. The summed E-state index contributed by atoms with van der Waals surface area (Å²) in [5, 5.41) is 9.04. The molecule has 4 aromatic rings. The molecular weight excluding hydrogens is 433 g/mol. The second-order valence-electron chi connectivity index (χ2n) is 7.82. The molecule has 0 amide bonds. The van der Waals surface area contributed by atoms with Gasteiger partial charge in [0, 0.05) is 18.7 Å². The van der Waals surface area contributed by atoms with Crippen LogP contribution in [0.2, 0.25) is 0 Å². The molecule has 0 spiro atoms. The molecule has 0 saturated carbocycles. The number of nitrogens with two attached hydrogens (primary N) is 1. The van der Waals surface area contributed by atoms with Crippen molar-refractivity contribution in [1.82, 2.24) is 9.55 Å². The Morgan fingerprint density at radius 3 is 2.21 bits per heavy atom. The molecule has 7 nitrogen and oxygen atoms in total. The van der Waals surface area contributed by atoms with Gasteiger partial charge in [0.1, 0.15) is 17.3 Å². The zero-order chi connectivity index (χ0) is 24.1. The Bertz CT molecular complexity index is 1460. The molecule has 0 saturated heterocycles. The molecular formula is C26H22FN5O2. The predicted octanol–water partition coefficient (Wildman–Crippen LogP) is 3.38. The van der Waals surface area contributed by atoms with E-state index in [4.69, 9.17) is 11.0 Å². The number of aromatic nitrogens is 2. The van der Waals surface area contributed by atoms with Gasteiger partial charge in [0.25, 0.3) is 5.56 Å². The number of nitrogens with one attached hydrogen (secondary N) is 1. The molecule has 1 aromatic heterocycles. The van der Waals surface area contributed by atoms with Gasteiger partial charge in [0.2, 0.25) is 0 Å². The topological polar surface area (TPSA) is 108 Å². The van der Waals surface area contributed by atoms with Crippen molar-refractivity contribution in [2.45, 2.75) is 19.6 Å². The third-order valence-corrected chi connectivity index (χ3v) is 5.47. The lowest BCUT2D eigenvalue weighted by molar-refractivity contribution is 0.602. The number of nitrogen functional groups attached to an aromatic ring is 1. The van der Waals surface area contributed by atoms with Crippen LogP contribution in [0, 0.1) is 17.1 Å². The average Bonchev–Trinajstić information content (AvgIpc) is 2.84. The number of hydrogen-bond donors (Lipinski definition) is 2. The van der Waals surface area contributed by atoms with Crippen molar-refractivity contribution in [2.24, 2.45) is 0 Å². The van der Waals surface area contributed by atoms with Crippen LogP contribution < -0.4 is 21.9 Å². The molecule has 170 valence electrons. The molecule has 0 radical (unpaired) electrons. The Kier molecular flexibility index (Phi) is 6.55. The number of nitriles is 1. The quantitative estimate of drug-likeness (QED) is 0.444. The highest BCUT2D eigenvalue weighted by Gasteiger charge is 2.21. The minimum atomic E-state index is -0.656. The van der Waals surface area contributed by atoms with Crippen molar-refractivity contribution in [1.29, 1.82) is 5.26 Å². The van der Waals surface area contributed by atoms with Crippen LogP contribution in [0.15, 0.2) is 88.5 Å². The summed E-state index contributed by atoms with van der Waals surface area (Å²) in [5.74, 6) is -0.577. The van der Waals surface area contributed by atoms with Crippen LogP contribution in [0.5, 0.6) is 0 Å². The maximum atomic E-state index is 14.7. The largest absolute Gasteiger partial charge is 0.383 e. The Hall–Kier alpha value is -4.64. The average molecular weight is 455 g/mol. The monoisotopic (exact) mass is 455 g/mol. The van der Waals surface area contributed by atoms with E-state index in [1.807, 2.05) is 66.7 Å². The minimum Gasteiger partial charge on any atom is -0.383 e. The first-order valence-corrected chi connectivity index (χ1v) is 10.6. The maximum Gasteiger partial charge on any atom is 0.330 e. The first-order valence-electron chi connectivity index (χ1n) is 10.6. The Morgan fingerprint density at radius 1 is 0.941 bits per heavy atom. The molecule has 0 atom stereocenters. The van der Waals surface area contributed by atoms with Crippen molar-refractivity contribution in [2.75, 3.05) is 10.6 Å². The van der Waals surface area contributed by atoms with Gasteiger partial charge >= 0.3 is 5.69 Å². The van der Waals surface area contributed by atoms with E-state index in [1.165, 1.54) is 16.7 Å². The second kappa shape index (κ2) is 9.88. The summed E-state index contributed by atoms with van der Waals surface area (Å²) in [6, 6.07) is 24.7. The van der Waals surface area contributed by atoms with Gasteiger partial charge < -0.3 is 10.6 Å². The van der Waals surface area contributed by atoms with Crippen molar-refractivity contribution < 1.29 is 4.39 Å². The number of nitrogens with zero attached hydrogens (tertiary/aromatic N) is 3. The smallest absolute Gasteiger partial charge is 0.330 e. The third-order valence-electron chi connectivity index (χ3n) is 5.47. The van der Waals surface area contributed by atoms with Gasteiger partial charge in [-0.25, -0.2) is 9.18 Å². The summed E-state index contributed by atoms with van der Waals surface area (Å²) in [4.78, 5) is 29.5. The summed E-state index contributed by atoms with van der Waals surface area (Å²) >= 11 is 0. The van der Waals surface area contributed by atoms with Crippen LogP contribution in [0.3, 0.4) is 0 Å². The van der Waals surface area contributed by atoms with Crippen molar-refractivity contribution in [3.05, 3.63) is 128 Å². The van der Waals surface area contributed by atoms with E-state index < -0.39 is 17.1 Å². The molecule has 34 heavy (non-hydrogen) atoms. The zero-order valence-electron chi connectivity index (χ0n) is 18.2. The van der Waals surface area contributed by atoms with Crippen LogP contribution in [-0.4, -0.2) is 9.55 Å². The molecule has 0 unspecified atom stereocenters. The first-order chi connectivity index (χ1) is 16.5. The SMILES string of the molecule is N#Cc1ccc(CN(Cc2ccccc2)c2c(N)n(Cc3ccccc3)c(=O)[nH]c2=O)c(F)c1. The molecule has 1 heterocycles. The number of rotatable bonds is 7. The molecule has 4 rings (SSSR count). The Morgan fingerprint density at radius 2 is 1.59 bits per heavy atom. The van der Waals surface area contributed by atoms with E-state index in [1.54, 1.807) is 4.90 Å². The standard InChI is InChI=1S/C26H22FN5O2/c27-22-13-20(14-28)11-12-21(22)17-31(15-18-7-3-1-4-8-18)23-24(29)32(26(34)30-25(23)33)16-19-9-5-2-6-10-19/h1-13H,15-17,29H2,(H,30,33,34). The predicted molar refractivity (Wildman–Crippen MR) is 129 cm³/mol. The van der Waals surface area contributed by atoms with E-state index in [-0.39, 0.29) is 42.3 Å². The van der Waals surface area contributed by atoms with E-state index in [9.17, 15) is 14.0 Å². The fraction of sp³-hybridized carbons (Fsp3) is 0.115. The van der Waals surface area contributed by atoms with E-state index in [2.05, 4.69) is 4.98 Å². The van der Waals surface area contributed by atoms with Crippen molar-refractivity contribution in [3.8, 4) is 6.07 Å². The summed E-state index contributed by atoms with van der Waals surface area (Å²) < 4.78 is 16.0. The number of hydrogen-bond acceptors (Lipinski definition) is 5. The second-order valence-corrected chi connectivity index (χ2v) is 7.82. The third kappa shape index (κ3) is 4.89. The molecule has 0 aliphatic heterocycles. The molecule has 0 bridgehead atoms. The van der Waals surface area contributed by atoms with Gasteiger partial charge in [0.05, 0.1) is 18.2 Å². The van der Waals surface area contributed by atoms with Crippen LogP contribution in [0.4, 0.5) is 15.9 Å². The fourth-order valence-corrected chi connectivity index (χ4v) is 3.77. The lowest BCUT2D eigenvalue weighted by atomic mass is 10.1. The molecule has 0 fully saturated rings. The Balaban J connectivity index is 1.80. The van der Waals surface area contributed by atoms with Gasteiger partial charge in [-0.15, -0.1) is 0 Å². The van der Waals surface area contributed by atoms with Crippen molar-refractivity contribution in [3.63, 3.8) is 0 Å². The maximum absolute atomic E-state index is 14.7. The van der Waals surface area contributed by atoms with Gasteiger partial charge in [-0.3, -0.25) is 14.3 Å². The molecule has 0 aliphatic rings. The van der Waals surface area contributed by atoms with Gasteiger partial charge in [0.15, 0.2) is 0 Å². The number of H-pyrrole nitrogens is 1. The zero-order valence-corrected chi connectivity index (χ0v) is 18.2. The fourth-order valence-electron chi connectivity index (χ4n) is 3.77. The van der Waals surface area contributed by atoms with Crippen LogP contribution in [0.1, 0.15) is 22.3 Å². The first kappa shape index (κ1) is 22.6. The highest BCUT2D eigenvalue weighted by Crippen LogP contribution is 2.24. The lowest BCUT2D eigenvalue weighted by Crippen LogP contribution is -2.38. The van der Waals surface area contributed by atoms with E-state index in [0.29, 0.717) is 0 Å². The molecule has 0 aliphatic carbocycles. The molecule has 3 N–H and O–H groups in total. The van der Waals surface area contributed by atoms with Crippen LogP contribution in [0.25, 0.3) is 0 Å². The van der Waals surface area contributed by atoms with E-state index in [0.717, 1.165) is 17.2 Å². The lowest BCUT2D eigenvalue weighted by Gasteiger charge is -2.27. The molecule has 8 heteroatoms. The normalized spacial score (nSPS) is 10.6. The highest BCUT2D eigenvalue weighted by molar-refractivity contribution is 5.63. The Labute approximate surface area is 195 Å². The van der Waals surface area contributed by atoms with E-state index >= 15 is 0 Å². The highest BCUT2D eigenvalue weighted by atomic mass is 19.1. The van der Waals surface area contributed by atoms with Crippen LogP contribution >= 0.6 is 0 Å². The number of benzene rings is 3. The van der Waals surface area contributed by atoms with Crippen molar-refractivity contribution >= 4 is 11.5 Å². The van der Waals surface area contributed by atoms with Gasteiger partial charge in [-0.2, -0.15) is 5.26 Å². The van der Waals surface area contributed by atoms with Gasteiger partial charge in [-0.1, -0.05) is 66.7 Å². The molecule has 3 aromatic carbocycles. The summed E-state index contributed by atoms with van der Waals surface area (Å²) in [6.07, 6.45) is 0. The number of halogens is 1. The van der Waals surface area contributed by atoms with Crippen LogP contribution in [-0.2, 0) is 19.6 Å². The number of anilines is 2. The van der Waals surface area contributed by atoms with Gasteiger partial charge in [-0.05, 0) is 23.3 Å². The summed E-state index contributed by atoms with van der Waals surface area (Å²) in [5.41, 5.74) is 7.37.